The highest BCUT2D eigenvalue weighted by molar-refractivity contribution is 5.85. The van der Waals surface area contributed by atoms with Gasteiger partial charge in [0.05, 0.1) is 12.6 Å². The number of likely N-dealkylation sites (tertiary alicyclic amines) is 1. The molecule has 1 aromatic rings. The van der Waals surface area contributed by atoms with Crippen molar-refractivity contribution in [3.63, 3.8) is 0 Å². The fraction of sp³-hybridized carbons (Fsp3) is 0.562. The maximum atomic E-state index is 13.2. The molecule has 2 aliphatic heterocycles. The highest BCUT2D eigenvalue weighted by Crippen LogP contribution is 2.30. The van der Waals surface area contributed by atoms with Crippen LogP contribution in [0.25, 0.3) is 0 Å². The van der Waals surface area contributed by atoms with Crippen LogP contribution in [0, 0.1) is 0 Å². The van der Waals surface area contributed by atoms with E-state index in [2.05, 4.69) is 17.4 Å². The van der Waals surface area contributed by atoms with Gasteiger partial charge in [-0.25, -0.2) is 8.78 Å². The maximum absolute atomic E-state index is 13.2. The number of carbonyl (C=O) groups excluding carboxylic acids is 1. The van der Waals surface area contributed by atoms with Gasteiger partial charge >= 0.3 is 0 Å². The fourth-order valence-electron chi connectivity index (χ4n) is 3.27. The molecule has 0 radical (unpaired) electrons. The maximum Gasteiger partial charge on any atom is 0.262 e. The number of nitrogens with zero attached hydrogens (tertiary/aromatic N) is 1. The first-order valence-corrected chi connectivity index (χ1v) is 7.50. The van der Waals surface area contributed by atoms with Crippen LogP contribution in [0.3, 0.4) is 0 Å². The van der Waals surface area contributed by atoms with E-state index in [9.17, 15) is 13.6 Å². The Morgan fingerprint density at radius 2 is 1.82 bits per heavy atom. The van der Waals surface area contributed by atoms with Crippen LogP contribution in [-0.4, -0.2) is 42.4 Å². The highest BCUT2D eigenvalue weighted by Gasteiger charge is 2.43. The van der Waals surface area contributed by atoms with Gasteiger partial charge in [0.15, 0.2) is 0 Å². The minimum Gasteiger partial charge on any atom is -0.341 e. The van der Waals surface area contributed by atoms with Gasteiger partial charge in [-0.2, -0.15) is 0 Å². The number of alkyl halides is 2. The molecule has 2 heterocycles. The fourth-order valence-corrected chi connectivity index (χ4v) is 3.27. The largest absolute Gasteiger partial charge is 0.341 e. The quantitative estimate of drug-likeness (QED) is 0.904. The molecule has 0 saturated carbocycles. The molecule has 6 heteroatoms. The first-order valence-electron chi connectivity index (χ1n) is 7.50. The van der Waals surface area contributed by atoms with Crippen molar-refractivity contribution in [2.24, 2.45) is 0 Å². The summed E-state index contributed by atoms with van der Waals surface area (Å²) in [6.45, 7) is 0.925. The Morgan fingerprint density at radius 1 is 1.18 bits per heavy atom. The molecule has 0 aliphatic carbocycles. The Balaban J connectivity index is 0.00000176. The van der Waals surface area contributed by atoms with Crippen LogP contribution in [0.5, 0.6) is 0 Å². The van der Waals surface area contributed by atoms with Crippen molar-refractivity contribution in [2.45, 2.75) is 37.1 Å². The summed E-state index contributed by atoms with van der Waals surface area (Å²) in [5.41, 5.74) is 1.30. The summed E-state index contributed by atoms with van der Waals surface area (Å²) in [4.78, 5) is 14.0. The number of rotatable bonds is 2. The minimum absolute atomic E-state index is 0. The van der Waals surface area contributed by atoms with Crippen molar-refractivity contribution in [3.05, 3.63) is 35.9 Å². The third-order valence-electron chi connectivity index (χ3n) is 4.49. The van der Waals surface area contributed by atoms with Crippen molar-refractivity contribution in [3.8, 4) is 0 Å². The zero-order valence-electron chi connectivity index (χ0n) is 12.3. The van der Waals surface area contributed by atoms with E-state index in [1.54, 1.807) is 4.90 Å². The Morgan fingerprint density at radius 3 is 2.36 bits per heavy atom. The molecule has 0 aromatic heterocycles. The third-order valence-corrected chi connectivity index (χ3v) is 4.49. The summed E-state index contributed by atoms with van der Waals surface area (Å²) in [6, 6.07) is 9.55. The molecule has 2 saturated heterocycles. The van der Waals surface area contributed by atoms with E-state index in [0.29, 0.717) is 19.0 Å². The van der Waals surface area contributed by atoms with Gasteiger partial charge < -0.3 is 4.90 Å². The van der Waals surface area contributed by atoms with E-state index in [0.717, 1.165) is 12.8 Å². The molecule has 122 valence electrons. The summed E-state index contributed by atoms with van der Waals surface area (Å²) in [5, 5.41) is 2.65. The zero-order valence-corrected chi connectivity index (χ0v) is 13.1. The molecule has 0 bridgehead atoms. The van der Waals surface area contributed by atoms with E-state index in [1.165, 1.54) is 5.56 Å². The number of benzene rings is 1. The Kier molecular flexibility index (Phi) is 5.40. The summed E-state index contributed by atoms with van der Waals surface area (Å²) < 4.78 is 26.3. The number of hydrogen-bond acceptors (Lipinski definition) is 2. The number of hydrogen-bond donors (Lipinski definition) is 1. The molecule has 22 heavy (non-hydrogen) atoms. The van der Waals surface area contributed by atoms with Gasteiger partial charge in [0.2, 0.25) is 5.91 Å². The van der Waals surface area contributed by atoms with E-state index in [1.807, 2.05) is 18.2 Å². The predicted molar refractivity (Wildman–Crippen MR) is 83.6 cm³/mol. The first kappa shape index (κ1) is 17.2. The van der Waals surface area contributed by atoms with E-state index in [4.69, 9.17) is 0 Å². The average Bonchev–Trinajstić information content (AvgIpc) is 2.88. The number of piperidine rings is 1. The molecule has 3 rings (SSSR count). The lowest BCUT2D eigenvalue weighted by Crippen LogP contribution is -2.46. The normalized spacial score (nSPS) is 24.8. The van der Waals surface area contributed by atoms with Crippen LogP contribution < -0.4 is 5.32 Å². The van der Waals surface area contributed by atoms with E-state index < -0.39 is 12.0 Å². The number of carbonyl (C=O) groups is 1. The van der Waals surface area contributed by atoms with Gasteiger partial charge in [-0.3, -0.25) is 10.1 Å². The lowest BCUT2D eigenvalue weighted by molar-refractivity contribution is -0.134. The minimum atomic E-state index is -2.75. The van der Waals surface area contributed by atoms with Crippen LogP contribution in [0.1, 0.15) is 30.7 Å². The summed E-state index contributed by atoms with van der Waals surface area (Å²) in [5.74, 6) is -2.45. The smallest absolute Gasteiger partial charge is 0.262 e. The molecule has 1 N–H and O–H groups in total. The molecular formula is C16H21ClF2N2O. The number of halogens is 3. The van der Waals surface area contributed by atoms with Gasteiger partial charge in [0, 0.05) is 19.5 Å². The van der Waals surface area contributed by atoms with Crippen LogP contribution in [0.4, 0.5) is 8.78 Å². The molecule has 2 aliphatic rings. The van der Waals surface area contributed by atoms with E-state index in [-0.39, 0.29) is 31.3 Å². The molecule has 2 fully saturated rings. The predicted octanol–water partition coefficient (Wildman–Crippen LogP) is 2.81. The molecule has 3 nitrogen and oxygen atoms in total. The van der Waals surface area contributed by atoms with Gasteiger partial charge in [-0.15, -0.1) is 12.4 Å². The second-order valence-electron chi connectivity index (χ2n) is 6.00. The van der Waals surface area contributed by atoms with Crippen LogP contribution in [0.2, 0.25) is 0 Å². The first-order chi connectivity index (χ1) is 10.1. The third kappa shape index (κ3) is 3.76. The molecule has 1 aromatic carbocycles. The average molecular weight is 331 g/mol. The zero-order chi connectivity index (χ0) is 14.9. The Hall–Kier alpha value is -1.20. The second kappa shape index (κ2) is 6.92. The lowest BCUT2D eigenvalue weighted by atomic mass is 9.89. The molecule has 1 unspecified atom stereocenters. The van der Waals surface area contributed by atoms with Crippen molar-refractivity contribution in [1.29, 1.82) is 0 Å². The molecule has 0 spiro atoms. The van der Waals surface area contributed by atoms with Crippen LogP contribution in [0.15, 0.2) is 30.3 Å². The van der Waals surface area contributed by atoms with Crippen LogP contribution in [-0.2, 0) is 4.79 Å². The van der Waals surface area contributed by atoms with Crippen molar-refractivity contribution >= 4 is 18.3 Å². The van der Waals surface area contributed by atoms with Crippen molar-refractivity contribution in [1.82, 2.24) is 10.2 Å². The Labute approximate surface area is 135 Å². The van der Waals surface area contributed by atoms with Gasteiger partial charge in [-0.05, 0) is 24.3 Å². The standard InChI is InChI=1S/C16H20F2N2O.ClH/c17-16(18)10-14(19-11-16)15(21)20-8-6-13(7-9-20)12-4-2-1-3-5-12;/h1-5,13-14,19H,6-11H2;1H. The second-order valence-corrected chi connectivity index (χ2v) is 6.00. The van der Waals surface area contributed by atoms with Crippen LogP contribution >= 0.6 is 12.4 Å². The van der Waals surface area contributed by atoms with Crippen molar-refractivity contribution < 1.29 is 13.6 Å². The number of amides is 1. The summed E-state index contributed by atoms with van der Waals surface area (Å²) >= 11 is 0. The molecule has 1 atom stereocenters. The van der Waals surface area contributed by atoms with Gasteiger partial charge in [-0.1, -0.05) is 30.3 Å². The molecular weight excluding hydrogens is 310 g/mol. The highest BCUT2D eigenvalue weighted by atomic mass is 35.5. The van der Waals surface area contributed by atoms with Gasteiger partial charge in [0.1, 0.15) is 0 Å². The topological polar surface area (TPSA) is 32.3 Å². The lowest BCUT2D eigenvalue weighted by Gasteiger charge is -2.33. The summed E-state index contributed by atoms with van der Waals surface area (Å²) in [7, 11) is 0. The van der Waals surface area contributed by atoms with Crippen molar-refractivity contribution in [2.75, 3.05) is 19.6 Å². The SMILES string of the molecule is Cl.O=C(C1CC(F)(F)CN1)N1CCC(c2ccccc2)CC1. The Bertz CT molecular complexity index is 504. The summed E-state index contributed by atoms with van der Waals surface area (Å²) in [6.07, 6.45) is 1.43. The van der Waals surface area contributed by atoms with Gasteiger partial charge in [0.25, 0.3) is 5.92 Å². The monoisotopic (exact) mass is 330 g/mol. The molecule has 1 amide bonds. The van der Waals surface area contributed by atoms with E-state index >= 15 is 0 Å². The number of nitrogens with one attached hydrogen (secondary N) is 1.